The highest BCUT2D eigenvalue weighted by Gasteiger charge is 2.23. The van der Waals surface area contributed by atoms with Gasteiger partial charge in [-0.25, -0.2) is 0 Å². The zero-order valence-electron chi connectivity index (χ0n) is 16.4. The van der Waals surface area contributed by atoms with Gasteiger partial charge in [0.15, 0.2) is 0 Å². The molecule has 2 aromatic heterocycles. The number of pyridine rings is 1. The van der Waals surface area contributed by atoms with Crippen LogP contribution in [0.5, 0.6) is 5.75 Å². The normalized spacial score (nSPS) is 11.9. The summed E-state index contributed by atoms with van der Waals surface area (Å²) in [6.07, 6.45) is 1.94. The number of furan rings is 1. The van der Waals surface area contributed by atoms with Crippen LogP contribution in [0.2, 0.25) is 0 Å². The van der Waals surface area contributed by atoms with E-state index >= 15 is 0 Å². The third-order valence-corrected chi connectivity index (χ3v) is 4.98. The number of para-hydroxylation sites is 2. The summed E-state index contributed by atoms with van der Waals surface area (Å²) in [6.45, 7) is 1.89. The molecule has 0 aliphatic carbocycles. The van der Waals surface area contributed by atoms with Crippen molar-refractivity contribution in [1.29, 1.82) is 0 Å². The standard InChI is InChI=1S/C24H22N2O3/c1-16-19(17-9-3-6-13-22(17)29-16)15-23(27)26-24(20-11-7-8-14-25-20)18-10-4-5-12-21(18)28-2/h3-14,24H,15H2,1-2H3,(H,26,27). The van der Waals surface area contributed by atoms with Crippen molar-refractivity contribution in [2.45, 2.75) is 19.4 Å². The Kier molecular flexibility index (Phi) is 5.29. The van der Waals surface area contributed by atoms with Crippen molar-refractivity contribution < 1.29 is 13.9 Å². The summed E-state index contributed by atoms with van der Waals surface area (Å²) >= 11 is 0. The molecule has 0 fully saturated rings. The Hall–Kier alpha value is -3.60. The molecule has 4 aromatic rings. The van der Waals surface area contributed by atoms with Gasteiger partial charge in [0, 0.05) is 22.7 Å². The summed E-state index contributed by atoms with van der Waals surface area (Å²) in [5.74, 6) is 1.35. The lowest BCUT2D eigenvalue weighted by Gasteiger charge is -2.21. The molecule has 0 bridgehead atoms. The summed E-state index contributed by atoms with van der Waals surface area (Å²) in [5.41, 5.74) is 3.30. The number of methoxy groups -OCH3 is 1. The number of carbonyl (C=O) groups is 1. The van der Waals surface area contributed by atoms with Crippen LogP contribution in [0.4, 0.5) is 0 Å². The van der Waals surface area contributed by atoms with Crippen molar-refractivity contribution >= 4 is 16.9 Å². The number of hydrogen-bond acceptors (Lipinski definition) is 4. The van der Waals surface area contributed by atoms with Crippen molar-refractivity contribution in [3.8, 4) is 5.75 Å². The highest BCUT2D eigenvalue weighted by molar-refractivity contribution is 5.89. The zero-order chi connectivity index (χ0) is 20.2. The minimum Gasteiger partial charge on any atom is -0.496 e. The number of aromatic nitrogens is 1. The lowest BCUT2D eigenvalue weighted by Crippen LogP contribution is -2.31. The minimum atomic E-state index is -0.418. The highest BCUT2D eigenvalue weighted by atomic mass is 16.5. The molecule has 5 nitrogen and oxygen atoms in total. The molecule has 0 spiro atoms. The van der Waals surface area contributed by atoms with Gasteiger partial charge in [-0.1, -0.05) is 42.5 Å². The maximum Gasteiger partial charge on any atom is 0.225 e. The van der Waals surface area contributed by atoms with Crippen LogP contribution in [0.1, 0.15) is 28.6 Å². The fraction of sp³-hybridized carbons (Fsp3) is 0.167. The molecule has 2 heterocycles. The van der Waals surface area contributed by atoms with E-state index in [2.05, 4.69) is 10.3 Å². The van der Waals surface area contributed by atoms with Gasteiger partial charge in [-0.15, -0.1) is 0 Å². The lowest BCUT2D eigenvalue weighted by molar-refractivity contribution is -0.121. The largest absolute Gasteiger partial charge is 0.496 e. The first-order valence-corrected chi connectivity index (χ1v) is 9.47. The van der Waals surface area contributed by atoms with Crippen molar-refractivity contribution in [2.24, 2.45) is 0 Å². The van der Waals surface area contributed by atoms with E-state index in [0.717, 1.165) is 33.6 Å². The van der Waals surface area contributed by atoms with Crippen LogP contribution in [-0.2, 0) is 11.2 Å². The number of amides is 1. The van der Waals surface area contributed by atoms with E-state index in [1.165, 1.54) is 0 Å². The number of carbonyl (C=O) groups excluding carboxylic acids is 1. The summed E-state index contributed by atoms with van der Waals surface area (Å²) in [5, 5.41) is 4.10. The summed E-state index contributed by atoms with van der Waals surface area (Å²) in [4.78, 5) is 17.5. The number of hydrogen-bond donors (Lipinski definition) is 1. The number of aryl methyl sites for hydroxylation is 1. The Bertz CT molecular complexity index is 1140. The maximum absolute atomic E-state index is 13.0. The zero-order valence-corrected chi connectivity index (χ0v) is 16.4. The van der Waals surface area contributed by atoms with Gasteiger partial charge in [0.2, 0.25) is 5.91 Å². The van der Waals surface area contributed by atoms with Gasteiger partial charge < -0.3 is 14.5 Å². The van der Waals surface area contributed by atoms with Crippen LogP contribution in [0, 0.1) is 6.92 Å². The fourth-order valence-corrected chi connectivity index (χ4v) is 3.58. The number of nitrogens with one attached hydrogen (secondary N) is 1. The number of benzene rings is 2. The minimum absolute atomic E-state index is 0.110. The van der Waals surface area contributed by atoms with Gasteiger partial charge in [0.1, 0.15) is 17.1 Å². The Balaban J connectivity index is 1.66. The molecule has 2 aromatic carbocycles. The van der Waals surface area contributed by atoms with E-state index < -0.39 is 6.04 Å². The van der Waals surface area contributed by atoms with Crippen LogP contribution in [0.15, 0.2) is 77.3 Å². The van der Waals surface area contributed by atoms with Crippen molar-refractivity contribution in [3.63, 3.8) is 0 Å². The van der Waals surface area contributed by atoms with E-state index in [9.17, 15) is 4.79 Å². The Morgan fingerprint density at radius 2 is 1.83 bits per heavy atom. The molecule has 0 radical (unpaired) electrons. The number of ether oxygens (including phenoxy) is 1. The second-order valence-electron chi connectivity index (χ2n) is 6.81. The Labute approximate surface area is 169 Å². The molecule has 1 N–H and O–H groups in total. The molecule has 146 valence electrons. The molecule has 0 saturated heterocycles. The molecule has 0 aliphatic heterocycles. The van der Waals surface area contributed by atoms with Gasteiger partial charge in [0.25, 0.3) is 0 Å². The van der Waals surface area contributed by atoms with Gasteiger partial charge in [-0.05, 0) is 31.2 Å². The van der Waals surface area contributed by atoms with E-state index in [4.69, 9.17) is 9.15 Å². The molecular weight excluding hydrogens is 364 g/mol. The molecular formula is C24H22N2O3. The quantitative estimate of drug-likeness (QED) is 0.526. The first kappa shape index (κ1) is 18.7. The predicted octanol–water partition coefficient (Wildman–Crippen LogP) is 4.59. The van der Waals surface area contributed by atoms with Crippen molar-refractivity contribution in [2.75, 3.05) is 7.11 Å². The van der Waals surface area contributed by atoms with E-state index in [1.807, 2.05) is 73.7 Å². The first-order valence-electron chi connectivity index (χ1n) is 9.47. The third-order valence-electron chi connectivity index (χ3n) is 4.98. The maximum atomic E-state index is 13.0. The van der Waals surface area contributed by atoms with Crippen molar-refractivity contribution in [3.05, 3.63) is 95.5 Å². The van der Waals surface area contributed by atoms with E-state index in [1.54, 1.807) is 13.3 Å². The number of nitrogens with zero attached hydrogens (tertiary/aromatic N) is 1. The van der Waals surface area contributed by atoms with Crippen molar-refractivity contribution in [1.82, 2.24) is 10.3 Å². The molecule has 1 amide bonds. The number of fused-ring (bicyclic) bond motifs is 1. The SMILES string of the molecule is COc1ccccc1C(NC(=O)Cc1c(C)oc2ccccc12)c1ccccn1. The van der Waals surface area contributed by atoms with Gasteiger partial charge in [0.05, 0.1) is 25.3 Å². The third kappa shape index (κ3) is 3.85. The monoisotopic (exact) mass is 386 g/mol. The first-order chi connectivity index (χ1) is 14.2. The second-order valence-corrected chi connectivity index (χ2v) is 6.81. The molecule has 1 unspecified atom stereocenters. The van der Waals surface area contributed by atoms with Crippen LogP contribution in [0.25, 0.3) is 11.0 Å². The average Bonchev–Trinajstić information content (AvgIpc) is 3.07. The van der Waals surface area contributed by atoms with Crippen LogP contribution < -0.4 is 10.1 Å². The second kappa shape index (κ2) is 8.19. The Morgan fingerprint density at radius 3 is 2.62 bits per heavy atom. The molecule has 4 rings (SSSR count). The summed E-state index contributed by atoms with van der Waals surface area (Å²) in [7, 11) is 1.62. The average molecular weight is 386 g/mol. The smallest absolute Gasteiger partial charge is 0.225 e. The van der Waals surface area contributed by atoms with Gasteiger partial charge in [-0.3, -0.25) is 9.78 Å². The van der Waals surface area contributed by atoms with Crippen LogP contribution in [-0.4, -0.2) is 18.0 Å². The van der Waals surface area contributed by atoms with E-state index in [-0.39, 0.29) is 12.3 Å². The van der Waals surface area contributed by atoms with Gasteiger partial charge >= 0.3 is 0 Å². The topological polar surface area (TPSA) is 64.4 Å². The van der Waals surface area contributed by atoms with Crippen LogP contribution in [0.3, 0.4) is 0 Å². The van der Waals surface area contributed by atoms with E-state index in [0.29, 0.717) is 5.75 Å². The fourth-order valence-electron chi connectivity index (χ4n) is 3.58. The predicted molar refractivity (Wildman–Crippen MR) is 112 cm³/mol. The molecule has 5 heteroatoms. The molecule has 0 aliphatic rings. The summed E-state index contributed by atoms with van der Waals surface area (Å²) in [6, 6.07) is 20.7. The van der Waals surface area contributed by atoms with Crippen LogP contribution >= 0.6 is 0 Å². The number of rotatable bonds is 6. The van der Waals surface area contributed by atoms with Gasteiger partial charge in [-0.2, -0.15) is 0 Å². The molecule has 1 atom stereocenters. The molecule has 29 heavy (non-hydrogen) atoms. The summed E-state index contributed by atoms with van der Waals surface area (Å²) < 4.78 is 11.3. The highest BCUT2D eigenvalue weighted by Crippen LogP contribution is 2.30. The Morgan fingerprint density at radius 1 is 1.07 bits per heavy atom. The molecule has 0 saturated carbocycles. The lowest BCUT2D eigenvalue weighted by atomic mass is 10.0.